The van der Waals surface area contributed by atoms with Gasteiger partial charge in [0.1, 0.15) is 11.9 Å². The topological polar surface area (TPSA) is 51.7 Å². The van der Waals surface area contributed by atoms with Crippen LogP contribution in [0.4, 0.5) is 0 Å². The van der Waals surface area contributed by atoms with Gasteiger partial charge in [-0.1, -0.05) is 6.08 Å². The minimum absolute atomic E-state index is 0.156. The van der Waals surface area contributed by atoms with Crippen molar-refractivity contribution in [3.8, 4) is 5.75 Å². The highest BCUT2D eigenvalue weighted by atomic mass is 16.5. The van der Waals surface area contributed by atoms with Crippen molar-refractivity contribution >= 4 is 16.9 Å². The van der Waals surface area contributed by atoms with Crippen LogP contribution in [0.25, 0.3) is 10.9 Å². The molecule has 5 atom stereocenters. The maximum atomic E-state index is 13.0. The van der Waals surface area contributed by atoms with E-state index in [-0.39, 0.29) is 18.1 Å². The van der Waals surface area contributed by atoms with E-state index in [2.05, 4.69) is 22.5 Å². The molecule has 2 unspecified atom stereocenters. The molecule has 3 fully saturated rings. The lowest BCUT2D eigenvalue weighted by molar-refractivity contribution is -0.166. The third-order valence-electron chi connectivity index (χ3n) is 6.64. The molecule has 4 heterocycles. The van der Waals surface area contributed by atoms with Gasteiger partial charge in [0.2, 0.25) is 0 Å². The van der Waals surface area contributed by atoms with E-state index in [0.29, 0.717) is 11.8 Å². The van der Waals surface area contributed by atoms with Gasteiger partial charge in [-0.2, -0.15) is 0 Å². The van der Waals surface area contributed by atoms with Crippen LogP contribution in [0.15, 0.2) is 43.1 Å². The van der Waals surface area contributed by atoms with Crippen LogP contribution in [0, 0.1) is 17.3 Å². The number of benzene rings is 1. The zero-order valence-electron chi connectivity index (χ0n) is 18.4. The number of esters is 1. The molecule has 0 radical (unpaired) electrons. The first kappa shape index (κ1) is 20.9. The van der Waals surface area contributed by atoms with E-state index >= 15 is 0 Å². The summed E-state index contributed by atoms with van der Waals surface area (Å²) < 4.78 is 11.7. The molecule has 1 aromatic carbocycles. The van der Waals surface area contributed by atoms with Crippen LogP contribution in [0.5, 0.6) is 5.75 Å². The number of piperidine rings is 3. The number of hydrogen-bond acceptors (Lipinski definition) is 5. The number of pyridine rings is 1. The number of fused-ring (bicyclic) bond motifs is 4. The molecule has 5 rings (SSSR count). The van der Waals surface area contributed by atoms with Crippen molar-refractivity contribution in [2.24, 2.45) is 17.3 Å². The van der Waals surface area contributed by atoms with Gasteiger partial charge in [0.05, 0.1) is 24.1 Å². The van der Waals surface area contributed by atoms with Crippen LogP contribution in [0.2, 0.25) is 0 Å². The van der Waals surface area contributed by atoms with Gasteiger partial charge in [-0.05, 0) is 76.3 Å². The van der Waals surface area contributed by atoms with Crippen molar-refractivity contribution in [1.82, 2.24) is 9.88 Å². The fourth-order valence-electron chi connectivity index (χ4n) is 4.86. The molecule has 2 aromatic rings. The smallest absolute Gasteiger partial charge is 0.311 e. The van der Waals surface area contributed by atoms with E-state index in [4.69, 9.17) is 9.47 Å². The van der Waals surface area contributed by atoms with Crippen LogP contribution in [0.1, 0.15) is 45.3 Å². The standard InChI is InChI=1S/C25H32N2O3/c1-6-16-15-27-12-10-17(16)13-22(27)23(30-24(28)25(2,3)4)19-9-11-26-21-8-7-18(29-5)14-20(19)21/h6-9,11,14,16-17,22-23H,1,10,12-13,15H2,2-5H3/t16-,17?,22-,23+/m1/s1. The fourth-order valence-corrected chi connectivity index (χ4v) is 4.86. The van der Waals surface area contributed by atoms with Crippen LogP contribution < -0.4 is 4.74 Å². The molecule has 1 aromatic heterocycles. The summed E-state index contributed by atoms with van der Waals surface area (Å²) in [4.78, 5) is 20.0. The second-order valence-electron chi connectivity index (χ2n) is 9.61. The number of nitrogens with zero attached hydrogens (tertiary/aromatic N) is 2. The van der Waals surface area contributed by atoms with E-state index in [1.807, 2.05) is 51.2 Å². The molecule has 3 aliphatic rings. The molecule has 0 spiro atoms. The zero-order valence-corrected chi connectivity index (χ0v) is 18.4. The first-order chi connectivity index (χ1) is 14.3. The van der Waals surface area contributed by atoms with E-state index < -0.39 is 5.41 Å². The van der Waals surface area contributed by atoms with Gasteiger partial charge in [0.15, 0.2) is 0 Å². The van der Waals surface area contributed by atoms with Gasteiger partial charge in [-0.3, -0.25) is 14.7 Å². The fraction of sp³-hybridized carbons (Fsp3) is 0.520. The number of rotatable bonds is 5. The highest BCUT2D eigenvalue weighted by molar-refractivity contribution is 5.84. The van der Waals surface area contributed by atoms with Crippen molar-refractivity contribution < 1.29 is 14.3 Å². The van der Waals surface area contributed by atoms with Crippen molar-refractivity contribution in [3.05, 3.63) is 48.7 Å². The molecular weight excluding hydrogens is 376 g/mol. The maximum absolute atomic E-state index is 13.0. The quantitative estimate of drug-likeness (QED) is 0.527. The van der Waals surface area contributed by atoms with Gasteiger partial charge in [-0.25, -0.2) is 0 Å². The number of carbonyl (C=O) groups is 1. The van der Waals surface area contributed by atoms with Crippen molar-refractivity contribution in [1.29, 1.82) is 0 Å². The predicted octanol–water partition coefficient (Wildman–Crippen LogP) is 4.77. The summed E-state index contributed by atoms with van der Waals surface area (Å²) >= 11 is 0. The molecule has 0 N–H and O–H groups in total. The van der Waals surface area contributed by atoms with Crippen molar-refractivity contribution in [2.45, 2.75) is 45.8 Å². The summed E-state index contributed by atoms with van der Waals surface area (Å²) in [7, 11) is 1.66. The molecule has 0 amide bonds. The van der Waals surface area contributed by atoms with E-state index in [0.717, 1.165) is 41.7 Å². The molecule has 30 heavy (non-hydrogen) atoms. The number of ether oxygens (including phenoxy) is 2. The van der Waals surface area contributed by atoms with Crippen LogP contribution >= 0.6 is 0 Å². The third kappa shape index (κ3) is 3.83. The average molecular weight is 409 g/mol. The number of aromatic nitrogens is 1. The second-order valence-corrected chi connectivity index (χ2v) is 9.61. The van der Waals surface area contributed by atoms with Crippen molar-refractivity contribution in [3.63, 3.8) is 0 Å². The Labute approximate surface area is 179 Å². The highest BCUT2D eigenvalue weighted by Crippen LogP contribution is 2.44. The lowest BCUT2D eigenvalue weighted by Crippen LogP contribution is -2.55. The minimum Gasteiger partial charge on any atom is -0.497 e. The van der Waals surface area contributed by atoms with Crippen LogP contribution in [0.3, 0.4) is 0 Å². The molecule has 3 saturated heterocycles. The Balaban J connectivity index is 1.78. The molecule has 160 valence electrons. The average Bonchev–Trinajstić information content (AvgIpc) is 2.76. The normalized spacial score (nSPS) is 26.9. The Kier molecular flexibility index (Phi) is 5.58. The molecular formula is C25H32N2O3. The zero-order chi connectivity index (χ0) is 21.5. The van der Waals surface area contributed by atoms with Gasteiger partial charge < -0.3 is 9.47 Å². The summed E-state index contributed by atoms with van der Waals surface area (Å²) in [6.45, 7) is 11.8. The summed E-state index contributed by atoms with van der Waals surface area (Å²) in [5.41, 5.74) is 1.32. The lowest BCUT2D eigenvalue weighted by Gasteiger charge is -2.51. The number of carbonyl (C=O) groups excluding carboxylic acids is 1. The van der Waals surface area contributed by atoms with Crippen LogP contribution in [-0.2, 0) is 9.53 Å². The van der Waals surface area contributed by atoms with E-state index in [1.54, 1.807) is 7.11 Å². The molecule has 0 saturated carbocycles. The summed E-state index contributed by atoms with van der Waals surface area (Å²) in [6, 6.07) is 8.02. The number of hydrogen-bond donors (Lipinski definition) is 0. The van der Waals surface area contributed by atoms with Gasteiger partial charge in [-0.15, -0.1) is 6.58 Å². The van der Waals surface area contributed by atoms with Gasteiger partial charge in [0, 0.05) is 23.7 Å². The first-order valence-corrected chi connectivity index (χ1v) is 10.8. The second kappa shape index (κ2) is 8.03. The molecule has 2 bridgehead atoms. The third-order valence-corrected chi connectivity index (χ3v) is 6.64. The van der Waals surface area contributed by atoms with Gasteiger partial charge in [0.25, 0.3) is 0 Å². The summed E-state index contributed by atoms with van der Waals surface area (Å²) in [6.07, 6.45) is 5.74. The predicted molar refractivity (Wildman–Crippen MR) is 118 cm³/mol. The largest absolute Gasteiger partial charge is 0.497 e. The minimum atomic E-state index is -0.564. The first-order valence-electron chi connectivity index (χ1n) is 10.8. The molecule has 3 aliphatic heterocycles. The lowest BCUT2D eigenvalue weighted by atomic mass is 9.73. The highest BCUT2D eigenvalue weighted by Gasteiger charge is 2.45. The van der Waals surface area contributed by atoms with E-state index in [1.165, 1.54) is 6.42 Å². The Bertz CT molecular complexity index is 949. The molecule has 5 nitrogen and oxygen atoms in total. The Morgan fingerprint density at radius 3 is 2.77 bits per heavy atom. The Hall–Kier alpha value is -2.40. The maximum Gasteiger partial charge on any atom is 0.311 e. The summed E-state index contributed by atoms with van der Waals surface area (Å²) in [5.74, 6) is 1.71. The Morgan fingerprint density at radius 2 is 2.13 bits per heavy atom. The number of methoxy groups -OCH3 is 1. The van der Waals surface area contributed by atoms with E-state index in [9.17, 15) is 4.79 Å². The van der Waals surface area contributed by atoms with Gasteiger partial charge >= 0.3 is 5.97 Å². The molecule has 5 heteroatoms. The molecule has 0 aliphatic carbocycles. The monoisotopic (exact) mass is 408 g/mol. The summed E-state index contributed by atoms with van der Waals surface area (Å²) in [5, 5.41) is 0.978. The van der Waals surface area contributed by atoms with Crippen LogP contribution in [-0.4, -0.2) is 42.1 Å². The Morgan fingerprint density at radius 1 is 1.33 bits per heavy atom. The van der Waals surface area contributed by atoms with Crippen molar-refractivity contribution in [2.75, 3.05) is 20.2 Å². The SMILES string of the molecule is C=C[C@@H]1CN2CCC1C[C@@H]2[C@@H](OC(=O)C(C)(C)C)c1ccnc2ccc(OC)cc12.